The molecule has 1 heterocycles. The Morgan fingerprint density at radius 3 is 1.75 bits per heavy atom. The van der Waals surface area contributed by atoms with Gasteiger partial charge in [-0.05, 0) is 149 Å². The summed E-state index contributed by atoms with van der Waals surface area (Å²) in [6, 6.07) is -1.27. The van der Waals surface area contributed by atoms with E-state index >= 15 is 0 Å². The number of hydrogen-bond acceptors (Lipinski definition) is 12. The Balaban J connectivity index is 1.78. The molecule has 10 N–H and O–H groups in total. The van der Waals surface area contributed by atoms with Crippen molar-refractivity contribution in [2.24, 2.45) is 29.6 Å². The van der Waals surface area contributed by atoms with Gasteiger partial charge in [0.25, 0.3) is 5.91 Å². The lowest BCUT2D eigenvalue weighted by atomic mass is 9.85. The fourth-order valence-electron chi connectivity index (χ4n) is 10.5. The van der Waals surface area contributed by atoms with Gasteiger partial charge in [0.05, 0.1) is 6.10 Å². The van der Waals surface area contributed by atoms with Crippen LogP contribution in [0, 0.1) is 35.4 Å². The molecular formula is C61H102FN11O11. The molecular weight excluding hydrogens is 1080 g/mol. The maximum atomic E-state index is 14.5. The number of rotatable bonds is 31. The van der Waals surface area contributed by atoms with Gasteiger partial charge in [0.1, 0.15) is 52.6 Å². The fourth-order valence-corrected chi connectivity index (χ4v) is 10.5. The molecule has 0 bridgehead atoms. The summed E-state index contributed by atoms with van der Waals surface area (Å²) >= 11 is 0. The molecule has 84 heavy (non-hydrogen) atoms. The molecule has 1 aromatic rings. The third-order valence-electron chi connectivity index (χ3n) is 15.3. The molecule has 0 radical (unpaired) electrons. The highest BCUT2D eigenvalue weighted by Crippen LogP contribution is 2.29. The summed E-state index contributed by atoms with van der Waals surface area (Å²) < 4.78 is 13.8. The van der Waals surface area contributed by atoms with Crippen molar-refractivity contribution in [3.63, 3.8) is 0 Å². The molecule has 0 aromatic heterocycles. The van der Waals surface area contributed by atoms with Gasteiger partial charge in [-0.25, -0.2) is 4.39 Å². The Morgan fingerprint density at radius 2 is 1.19 bits per heavy atom. The number of nitrogens with one attached hydrogen (secondary N) is 9. The first-order chi connectivity index (χ1) is 38.9. The number of amides is 10. The number of carbonyl (C=O) groups is 10. The zero-order valence-electron chi connectivity index (χ0n) is 52.9. The maximum absolute atomic E-state index is 14.5. The number of nitrogens with zero attached hydrogens (tertiary/aromatic N) is 2. The predicted molar refractivity (Wildman–Crippen MR) is 319 cm³/mol. The lowest BCUT2D eigenvalue weighted by molar-refractivity contribution is -0.140. The van der Waals surface area contributed by atoms with Gasteiger partial charge in [0, 0.05) is 37.7 Å². The maximum Gasteiger partial charge on any atom is 0.254 e. The van der Waals surface area contributed by atoms with Gasteiger partial charge in [-0.3, -0.25) is 47.9 Å². The molecule has 2 aliphatic rings. The van der Waals surface area contributed by atoms with E-state index in [1.54, 1.807) is 13.8 Å². The van der Waals surface area contributed by atoms with Crippen molar-refractivity contribution in [3.05, 3.63) is 35.6 Å². The van der Waals surface area contributed by atoms with E-state index in [2.05, 4.69) is 47.9 Å². The van der Waals surface area contributed by atoms with Gasteiger partial charge in [0.2, 0.25) is 53.2 Å². The van der Waals surface area contributed by atoms with Gasteiger partial charge in [-0.1, -0.05) is 80.6 Å². The minimum absolute atomic E-state index is 0.0149. The van der Waals surface area contributed by atoms with E-state index in [1.165, 1.54) is 70.7 Å². The Labute approximate surface area is 498 Å². The van der Waals surface area contributed by atoms with Gasteiger partial charge in [-0.15, -0.1) is 0 Å². The van der Waals surface area contributed by atoms with Crippen LogP contribution in [-0.4, -0.2) is 167 Å². The molecule has 1 aliphatic heterocycles. The summed E-state index contributed by atoms with van der Waals surface area (Å²) in [5.74, 6) is -7.68. The van der Waals surface area contributed by atoms with Crippen molar-refractivity contribution in [3.8, 4) is 0 Å². The number of benzene rings is 1. The number of hydrogen-bond donors (Lipinski definition) is 10. The summed E-state index contributed by atoms with van der Waals surface area (Å²) in [5, 5.41) is 36.2. The molecule has 22 nitrogen and oxygen atoms in total. The zero-order chi connectivity index (χ0) is 63.6. The van der Waals surface area contributed by atoms with Crippen LogP contribution in [0.3, 0.4) is 0 Å². The number of carbonyl (C=O) groups excluding carboxylic acids is 10. The topological polar surface area (TPSA) is 306 Å². The first-order valence-corrected chi connectivity index (χ1v) is 30.1. The normalized spacial score (nSPS) is 18.2. The van der Waals surface area contributed by atoms with E-state index in [0.717, 1.165) is 32.1 Å². The largest absolute Gasteiger partial charge is 0.390 e. The zero-order valence-corrected chi connectivity index (χ0v) is 52.9. The number of aliphatic hydroxyl groups is 1. The van der Waals surface area contributed by atoms with E-state index in [9.17, 15) is 57.4 Å². The standard InChI is InChI=1S/C61H102FN11O11/c1-35(2)30-44(51(77)66-45(31-36(3)4)52(78)69-61(13,14)58(84)71-59(9,10)56(82)63-29-28-47(74)64-39(8)34-72(15)16)67-57(83)60(11,12)70-54(80)48(49(75)37(5)6)68-50(76)43(27-22-40-20-18-17-19-21-40)65-53(79)46-32-38(7)33-73(46)55(81)41-23-25-42(62)26-24-41/h23-26,35-40,43-46,48-49,75H,17-22,27-34H2,1-16H3,(H,63,82)(H,64,74)(H,65,79)(H,66,77)(H,67,83)(H,68,76)(H,69,78)(H,70,80)(H,71,84)/t38-,39-,43-,44-,45-,46-,48-,49+/m0/s1. The summed E-state index contributed by atoms with van der Waals surface area (Å²) in [4.78, 5) is 142. The van der Waals surface area contributed by atoms with Gasteiger partial charge < -0.3 is 62.8 Å². The second-order valence-electron chi connectivity index (χ2n) is 26.6. The Hall–Kier alpha value is -6.23. The van der Waals surface area contributed by atoms with E-state index in [4.69, 9.17) is 0 Å². The van der Waals surface area contributed by atoms with Crippen LogP contribution < -0.4 is 47.9 Å². The fraction of sp³-hybridized carbons (Fsp3) is 0.738. The Bertz CT molecular complexity index is 2430. The van der Waals surface area contributed by atoms with Crippen molar-refractivity contribution < 1.29 is 57.4 Å². The Kier molecular flexibility index (Phi) is 27.7. The number of aliphatic hydroxyl groups excluding tert-OH is 1. The van der Waals surface area contributed by atoms with Crippen LogP contribution in [0.25, 0.3) is 0 Å². The van der Waals surface area contributed by atoms with Crippen LogP contribution in [0.4, 0.5) is 4.39 Å². The highest BCUT2D eigenvalue weighted by molar-refractivity contribution is 6.01. The second kappa shape index (κ2) is 32.3. The van der Waals surface area contributed by atoms with Crippen molar-refractivity contribution >= 4 is 59.1 Å². The van der Waals surface area contributed by atoms with Crippen molar-refractivity contribution in [2.75, 3.05) is 33.7 Å². The van der Waals surface area contributed by atoms with Crippen LogP contribution in [0.2, 0.25) is 0 Å². The third-order valence-corrected chi connectivity index (χ3v) is 15.3. The van der Waals surface area contributed by atoms with E-state index < -0.39 is 118 Å². The van der Waals surface area contributed by atoms with Crippen LogP contribution >= 0.6 is 0 Å². The highest BCUT2D eigenvalue weighted by atomic mass is 19.1. The monoisotopic (exact) mass is 1180 g/mol. The second-order valence-corrected chi connectivity index (χ2v) is 26.6. The van der Waals surface area contributed by atoms with Crippen molar-refractivity contribution in [2.45, 2.75) is 227 Å². The van der Waals surface area contributed by atoms with Gasteiger partial charge in [0.15, 0.2) is 0 Å². The van der Waals surface area contributed by atoms with Gasteiger partial charge >= 0.3 is 0 Å². The smallest absolute Gasteiger partial charge is 0.254 e. The minimum atomic E-state index is -1.78. The summed E-state index contributed by atoms with van der Waals surface area (Å²) in [5.41, 5.74) is -4.66. The van der Waals surface area contributed by atoms with E-state index in [0.29, 0.717) is 25.3 Å². The van der Waals surface area contributed by atoms with Crippen LogP contribution in [0.1, 0.15) is 178 Å². The third kappa shape index (κ3) is 23.0. The molecule has 10 amide bonds. The Morgan fingerprint density at radius 1 is 0.655 bits per heavy atom. The predicted octanol–water partition coefficient (Wildman–Crippen LogP) is 3.34. The first kappa shape index (κ1) is 72.0. The van der Waals surface area contributed by atoms with Crippen LogP contribution in [0.15, 0.2) is 24.3 Å². The average molecular weight is 1180 g/mol. The number of likely N-dealkylation sites (N-methyl/N-ethyl adjacent to an activating group) is 1. The minimum Gasteiger partial charge on any atom is -0.390 e. The molecule has 1 aromatic carbocycles. The average Bonchev–Trinajstić information content (AvgIpc) is 4.04. The van der Waals surface area contributed by atoms with E-state index in [-0.39, 0.29) is 74.0 Å². The molecule has 0 unspecified atom stereocenters. The first-order valence-electron chi connectivity index (χ1n) is 30.1. The summed E-state index contributed by atoms with van der Waals surface area (Å²) in [6.45, 7) is 23.9. The van der Waals surface area contributed by atoms with Crippen molar-refractivity contribution in [1.82, 2.24) is 57.7 Å². The van der Waals surface area contributed by atoms with Crippen molar-refractivity contribution in [1.29, 1.82) is 0 Å². The van der Waals surface area contributed by atoms with Crippen LogP contribution in [-0.2, 0) is 43.2 Å². The lowest BCUT2D eigenvalue weighted by Crippen LogP contribution is -2.66. The summed E-state index contributed by atoms with van der Waals surface area (Å²) in [7, 11) is 3.78. The number of halogens is 1. The quantitative estimate of drug-likeness (QED) is 0.0512. The lowest BCUT2D eigenvalue weighted by Gasteiger charge is -2.34. The summed E-state index contributed by atoms with van der Waals surface area (Å²) in [6.07, 6.45) is 4.92. The molecule has 474 valence electrons. The van der Waals surface area contributed by atoms with E-state index in [1.807, 2.05) is 60.5 Å². The van der Waals surface area contributed by atoms with Gasteiger partial charge in [-0.2, -0.15) is 0 Å². The molecule has 1 saturated heterocycles. The molecule has 1 saturated carbocycles. The molecule has 1 aliphatic carbocycles. The molecule has 8 atom stereocenters. The molecule has 3 rings (SSSR count). The van der Waals surface area contributed by atoms with Crippen LogP contribution in [0.5, 0.6) is 0 Å². The molecule has 23 heteroatoms. The number of likely N-dealkylation sites (tertiary alicyclic amines) is 1. The SMILES string of the molecule is CC(C)C[C@H](NC(=O)[C@H](CC(C)C)NC(=O)C(C)(C)NC(=O)[C@@H](NC(=O)[C@H](CCC1CCCCC1)NC(=O)[C@@H]1C[C@H](C)CN1C(=O)c1ccc(F)cc1)[C@H](O)C(C)C)C(=O)NC(C)(C)C(=O)NC(C)(C)C(=O)NCCC(=O)N[C@@H](C)CN(C)C. The molecule has 2 fully saturated rings. The molecule has 0 spiro atoms. The highest BCUT2D eigenvalue weighted by Gasteiger charge is 2.43.